The molecule has 0 N–H and O–H groups in total. The smallest absolute Gasteiger partial charge is 0.400 e. The molecule has 3 nitrogen and oxygen atoms in total. The number of rotatable bonds is 5. The lowest BCUT2D eigenvalue weighted by Crippen LogP contribution is -2.45. The summed E-state index contributed by atoms with van der Waals surface area (Å²) in [5.41, 5.74) is -0.693. The molecule has 1 aromatic rings. The van der Waals surface area contributed by atoms with Crippen LogP contribution in [0.4, 0.5) is 8.78 Å². The first-order valence-electron chi connectivity index (χ1n) is 6.10. The van der Waals surface area contributed by atoms with Gasteiger partial charge in [-0.05, 0) is 25.3 Å². The summed E-state index contributed by atoms with van der Waals surface area (Å²) >= 11 is 0. The molecule has 0 radical (unpaired) electrons. The molecule has 0 aromatic heterocycles. The molecule has 1 saturated carbocycles. The summed E-state index contributed by atoms with van der Waals surface area (Å²) in [6.07, 6.45) is 0.676. The van der Waals surface area contributed by atoms with Crippen LogP contribution in [0, 0.1) is 0 Å². The van der Waals surface area contributed by atoms with Gasteiger partial charge in [-0.15, -0.1) is 0 Å². The number of halogens is 2. The molecule has 0 spiro atoms. The maximum atomic E-state index is 13.8. The van der Waals surface area contributed by atoms with Crippen LogP contribution in [-0.2, 0) is 19.7 Å². The maximum absolute atomic E-state index is 13.8. The Morgan fingerprint density at radius 3 is 2.32 bits per heavy atom. The minimum Gasteiger partial charge on any atom is -0.461 e. The summed E-state index contributed by atoms with van der Waals surface area (Å²) in [4.78, 5) is 23.2. The molecule has 0 saturated heterocycles. The zero-order chi connectivity index (χ0) is 14.1. The van der Waals surface area contributed by atoms with E-state index < -0.39 is 23.1 Å². The van der Waals surface area contributed by atoms with Crippen LogP contribution < -0.4 is 0 Å². The minimum atomic E-state index is -4.08. The van der Waals surface area contributed by atoms with Crippen molar-refractivity contribution in [1.29, 1.82) is 0 Å². The highest BCUT2D eigenvalue weighted by Crippen LogP contribution is 2.51. The average Bonchev–Trinajstić information content (AvgIpc) is 3.20. The molecule has 2 rings (SSSR count). The molecule has 0 heterocycles. The first-order chi connectivity index (χ1) is 8.95. The fourth-order valence-corrected chi connectivity index (χ4v) is 2.14. The lowest BCUT2D eigenvalue weighted by Gasteiger charge is -2.20. The number of hydrogen-bond donors (Lipinski definition) is 0. The number of esters is 1. The van der Waals surface area contributed by atoms with E-state index in [1.54, 1.807) is 30.3 Å². The molecule has 0 aliphatic heterocycles. The second-order valence-corrected chi connectivity index (χ2v) is 4.57. The van der Waals surface area contributed by atoms with E-state index in [0.717, 1.165) is 0 Å². The number of carbonyl (C=O) groups excluding carboxylic acids is 2. The summed E-state index contributed by atoms with van der Waals surface area (Å²) in [7, 11) is 0. The summed E-state index contributed by atoms with van der Waals surface area (Å²) in [5, 5.41) is 0. The van der Waals surface area contributed by atoms with Crippen molar-refractivity contribution in [3.8, 4) is 0 Å². The van der Waals surface area contributed by atoms with Gasteiger partial charge in [0.2, 0.25) is 5.78 Å². The van der Waals surface area contributed by atoms with Gasteiger partial charge in [0.1, 0.15) is 0 Å². The number of ether oxygens (including phenoxy) is 1. The third kappa shape index (κ3) is 2.25. The van der Waals surface area contributed by atoms with Crippen LogP contribution in [0.15, 0.2) is 30.3 Å². The van der Waals surface area contributed by atoms with Gasteiger partial charge in [0, 0.05) is 0 Å². The number of Topliss-reactive ketones (excluding diaryl/α,β-unsaturated/α-hetero) is 1. The lowest BCUT2D eigenvalue weighted by atomic mass is 9.88. The Bertz CT molecular complexity index is 493. The normalized spacial score (nSPS) is 16.8. The van der Waals surface area contributed by atoms with Gasteiger partial charge < -0.3 is 4.74 Å². The molecule has 1 fully saturated rings. The van der Waals surface area contributed by atoms with Crippen LogP contribution in [0.25, 0.3) is 0 Å². The van der Waals surface area contributed by atoms with E-state index in [4.69, 9.17) is 0 Å². The van der Waals surface area contributed by atoms with Crippen LogP contribution in [-0.4, -0.2) is 24.3 Å². The Balaban J connectivity index is 2.27. The molecule has 19 heavy (non-hydrogen) atoms. The molecule has 0 unspecified atom stereocenters. The van der Waals surface area contributed by atoms with Crippen LogP contribution in [0.5, 0.6) is 0 Å². The van der Waals surface area contributed by atoms with Gasteiger partial charge in [0.15, 0.2) is 0 Å². The van der Waals surface area contributed by atoms with Crippen LogP contribution >= 0.6 is 0 Å². The van der Waals surface area contributed by atoms with Gasteiger partial charge in [0.25, 0.3) is 0 Å². The number of ketones is 1. The molecule has 102 valence electrons. The molecule has 0 amide bonds. The van der Waals surface area contributed by atoms with Gasteiger partial charge in [-0.2, -0.15) is 8.78 Å². The standard InChI is InChI=1S/C14H14F2O3/c1-2-19-12(18)14(15,16)11(17)13(8-9-13)10-6-4-3-5-7-10/h3-7H,2,8-9H2,1H3. The molecule has 0 atom stereocenters. The number of hydrogen-bond acceptors (Lipinski definition) is 3. The predicted molar refractivity (Wildman–Crippen MR) is 63.9 cm³/mol. The highest BCUT2D eigenvalue weighted by atomic mass is 19.3. The highest BCUT2D eigenvalue weighted by molar-refractivity contribution is 6.11. The second-order valence-electron chi connectivity index (χ2n) is 4.57. The summed E-state index contributed by atoms with van der Waals surface area (Å²) in [6.45, 7) is 1.24. The Labute approximate surface area is 109 Å². The first kappa shape index (κ1) is 13.6. The second kappa shape index (κ2) is 4.72. The number of carbonyl (C=O) groups is 2. The average molecular weight is 268 g/mol. The fourth-order valence-electron chi connectivity index (χ4n) is 2.14. The van der Waals surface area contributed by atoms with Gasteiger partial charge in [0.05, 0.1) is 12.0 Å². The van der Waals surface area contributed by atoms with Gasteiger partial charge in [-0.1, -0.05) is 30.3 Å². The molecular formula is C14H14F2O3. The largest absolute Gasteiger partial charge is 0.461 e. The van der Waals surface area contributed by atoms with Crippen LogP contribution in [0.2, 0.25) is 0 Å². The van der Waals surface area contributed by atoms with E-state index in [2.05, 4.69) is 4.74 Å². The Morgan fingerprint density at radius 2 is 1.84 bits per heavy atom. The minimum absolute atomic E-state index is 0.181. The Morgan fingerprint density at radius 1 is 1.26 bits per heavy atom. The van der Waals surface area contributed by atoms with Crippen molar-refractivity contribution in [2.75, 3.05) is 6.61 Å². The van der Waals surface area contributed by atoms with Crippen molar-refractivity contribution in [3.63, 3.8) is 0 Å². The zero-order valence-corrected chi connectivity index (χ0v) is 10.5. The molecule has 1 aliphatic rings. The van der Waals surface area contributed by atoms with E-state index in [0.29, 0.717) is 18.4 Å². The van der Waals surface area contributed by atoms with Gasteiger partial charge in [-0.25, -0.2) is 4.79 Å². The van der Waals surface area contributed by atoms with Crippen LogP contribution in [0.1, 0.15) is 25.3 Å². The van der Waals surface area contributed by atoms with Crippen molar-refractivity contribution in [2.24, 2.45) is 0 Å². The maximum Gasteiger partial charge on any atom is 0.400 e. The third-order valence-corrected chi connectivity index (χ3v) is 3.33. The Kier molecular flexibility index (Phi) is 3.39. The van der Waals surface area contributed by atoms with E-state index in [1.807, 2.05) is 0 Å². The van der Waals surface area contributed by atoms with E-state index in [9.17, 15) is 18.4 Å². The highest BCUT2D eigenvalue weighted by Gasteiger charge is 2.63. The summed E-state index contributed by atoms with van der Waals surface area (Å²) in [6, 6.07) is 8.38. The van der Waals surface area contributed by atoms with Crippen molar-refractivity contribution in [2.45, 2.75) is 31.1 Å². The number of benzene rings is 1. The zero-order valence-electron chi connectivity index (χ0n) is 10.5. The van der Waals surface area contributed by atoms with Gasteiger partial charge >= 0.3 is 11.9 Å². The van der Waals surface area contributed by atoms with E-state index in [1.165, 1.54) is 6.92 Å². The molecular weight excluding hydrogens is 254 g/mol. The summed E-state index contributed by atoms with van der Waals surface area (Å²) < 4.78 is 31.9. The SMILES string of the molecule is CCOC(=O)C(F)(F)C(=O)C1(c2ccccc2)CC1. The van der Waals surface area contributed by atoms with Crippen molar-refractivity contribution >= 4 is 11.8 Å². The van der Waals surface area contributed by atoms with E-state index >= 15 is 0 Å². The third-order valence-electron chi connectivity index (χ3n) is 3.33. The number of alkyl halides is 2. The lowest BCUT2D eigenvalue weighted by molar-refractivity contribution is -0.177. The molecule has 1 aliphatic carbocycles. The first-order valence-corrected chi connectivity index (χ1v) is 6.10. The summed E-state index contributed by atoms with van der Waals surface area (Å²) in [5.74, 6) is -7.20. The quantitative estimate of drug-likeness (QED) is 0.608. The monoisotopic (exact) mass is 268 g/mol. The predicted octanol–water partition coefficient (Wildman–Crippen LogP) is 2.49. The van der Waals surface area contributed by atoms with Crippen molar-refractivity contribution in [1.82, 2.24) is 0 Å². The van der Waals surface area contributed by atoms with Crippen molar-refractivity contribution < 1.29 is 23.1 Å². The van der Waals surface area contributed by atoms with E-state index in [-0.39, 0.29) is 6.61 Å². The fraction of sp³-hybridized carbons (Fsp3) is 0.429. The van der Waals surface area contributed by atoms with Crippen LogP contribution in [0.3, 0.4) is 0 Å². The molecule has 1 aromatic carbocycles. The van der Waals surface area contributed by atoms with Gasteiger partial charge in [-0.3, -0.25) is 4.79 Å². The van der Waals surface area contributed by atoms with Crippen molar-refractivity contribution in [3.05, 3.63) is 35.9 Å². The Hall–Kier alpha value is -1.78. The molecule has 5 heteroatoms. The topological polar surface area (TPSA) is 43.4 Å². The molecule has 0 bridgehead atoms.